The number of pyridine rings is 1. The summed E-state index contributed by atoms with van der Waals surface area (Å²) in [6.07, 6.45) is 6.91. The van der Waals surface area contributed by atoms with Gasteiger partial charge in [-0.2, -0.15) is 0 Å². The van der Waals surface area contributed by atoms with Crippen LogP contribution in [0.1, 0.15) is 36.9 Å². The summed E-state index contributed by atoms with van der Waals surface area (Å²) in [5.74, 6) is 1.33. The number of urea groups is 1. The Labute approximate surface area is 166 Å². The molecule has 2 heterocycles. The molecule has 28 heavy (non-hydrogen) atoms. The van der Waals surface area contributed by atoms with Crippen molar-refractivity contribution >= 4 is 6.03 Å². The monoisotopic (exact) mass is 383 g/mol. The van der Waals surface area contributed by atoms with Gasteiger partial charge in [0.15, 0.2) is 11.5 Å². The van der Waals surface area contributed by atoms with Crippen LogP contribution in [0.15, 0.2) is 42.6 Å². The van der Waals surface area contributed by atoms with Crippen LogP contribution in [0.3, 0.4) is 0 Å². The Hall–Kier alpha value is -2.76. The first kappa shape index (κ1) is 20.0. The standard InChI is InChI=1S/C22H29N3O3/c1-27-20-11-7-8-17(21(20)28-2)16-24-22(26)25-15-6-4-10-19(25)13-12-18-9-3-5-14-23-18/h3,5,7-9,11,14,19H,4,6,10,12-13,15-16H2,1-2H3,(H,24,26). The molecule has 1 aromatic heterocycles. The highest BCUT2D eigenvalue weighted by Gasteiger charge is 2.26. The number of nitrogens with zero attached hydrogens (tertiary/aromatic N) is 2. The zero-order valence-electron chi connectivity index (χ0n) is 16.7. The van der Waals surface area contributed by atoms with Crippen LogP contribution < -0.4 is 14.8 Å². The Morgan fingerprint density at radius 1 is 1.18 bits per heavy atom. The van der Waals surface area contributed by atoms with Crippen molar-refractivity contribution in [3.63, 3.8) is 0 Å². The number of amides is 2. The summed E-state index contributed by atoms with van der Waals surface area (Å²) in [6.45, 7) is 1.20. The van der Waals surface area contributed by atoms with Gasteiger partial charge in [0, 0.05) is 36.6 Å². The molecule has 1 aromatic carbocycles. The topological polar surface area (TPSA) is 63.7 Å². The van der Waals surface area contributed by atoms with Crippen LogP contribution in [0, 0.1) is 0 Å². The van der Waals surface area contributed by atoms with Crippen LogP contribution >= 0.6 is 0 Å². The van der Waals surface area contributed by atoms with Crippen LogP contribution in [0.25, 0.3) is 0 Å². The maximum absolute atomic E-state index is 12.9. The normalized spacial score (nSPS) is 16.5. The first-order chi connectivity index (χ1) is 13.7. The van der Waals surface area contributed by atoms with Crippen molar-refractivity contribution in [2.75, 3.05) is 20.8 Å². The second kappa shape index (κ2) is 9.97. The summed E-state index contributed by atoms with van der Waals surface area (Å²) >= 11 is 0. The van der Waals surface area contributed by atoms with Crippen molar-refractivity contribution in [1.29, 1.82) is 0 Å². The van der Waals surface area contributed by atoms with Gasteiger partial charge < -0.3 is 19.7 Å². The van der Waals surface area contributed by atoms with Crippen molar-refractivity contribution in [2.24, 2.45) is 0 Å². The van der Waals surface area contributed by atoms with E-state index in [4.69, 9.17) is 9.47 Å². The van der Waals surface area contributed by atoms with Crippen molar-refractivity contribution in [3.05, 3.63) is 53.9 Å². The molecule has 1 N–H and O–H groups in total. The number of piperidine rings is 1. The van der Waals surface area contributed by atoms with E-state index in [-0.39, 0.29) is 12.1 Å². The summed E-state index contributed by atoms with van der Waals surface area (Å²) in [6, 6.07) is 11.9. The zero-order chi connectivity index (χ0) is 19.8. The fourth-order valence-electron chi connectivity index (χ4n) is 3.79. The maximum Gasteiger partial charge on any atom is 0.317 e. The molecule has 0 aliphatic carbocycles. The lowest BCUT2D eigenvalue weighted by Crippen LogP contribution is -2.48. The smallest absolute Gasteiger partial charge is 0.317 e. The molecule has 150 valence electrons. The number of aryl methyl sites for hydroxylation is 1. The number of carbonyl (C=O) groups excluding carboxylic acids is 1. The molecule has 6 heteroatoms. The molecule has 1 aliphatic heterocycles. The Morgan fingerprint density at radius 3 is 2.82 bits per heavy atom. The number of ether oxygens (including phenoxy) is 2. The van der Waals surface area contributed by atoms with Crippen molar-refractivity contribution in [1.82, 2.24) is 15.2 Å². The number of para-hydroxylation sites is 1. The van der Waals surface area contributed by atoms with E-state index in [2.05, 4.69) is 10.3 Å². The molecule has 6 nitrogen and oxygen atoms in total. The van der Waals surface area contributed by atoms with E-state index in [1.165, 1.54) is 6.42 Å². The molecule has 0 saturated carbocycles. The highest BCUT2D eigenvalue weighted by atomic mass is 16.5. The van der Waals surface area contributed by atoms with E-state index in [9.17, 15) is 4.79 Å². The van der Waals surface area contributed by atoms with Gasteiger partial charge in [-0.05, 0) is 50.3 Å². The molecule has 1 saturated heterocycles. The molecular weight excluding hydrogens is 354 g/mol. The summed E-state index contributed by atoms with van der Waals surface area (Å²) in [5.41, 5.74) is 1.98. The lowest BCUT2D eigenvalue weighted by molar-refractivity contribution is 0.146. The molecule has 1 atom stereocenters. The summed E-state index contributed by atoms with van der Waals surface area (Å²) in [7, 11) is 3.22. The molecule has 1 unspecified atom stereocenters. The maximum atomic E-state index is 12.9. The van der Waals surface area contributed by atoms with Crippen molar-refractivity contribution in [2.45, 2.75) is 44.7 Å². The Bertz CT molecular complexity index is 767. The number of rotatable bonds is 7. The van der Waals surface area contributed by atoms with E-state index in [0.29, 0.717) is 18.0 Å². The molecule has 0 spiro atoms. The van der Waals surface area contributed by atoms with Gasteiger partial charge in [0.1, 0.15) is 0 Å². The number of aromatic nitrogens is 1. The summed E-state index contributed by atoms with van der Waals surface area (Å²) in [5, 5.41) is 3.06. The lowest BCUT2D eigenvalue weighted by atomic mass is 9.97. The van der Waals surface area contributed by atoms with Crippen LogP contribution in [0.4, 0.5) is 4.79 Å². The highest BCUT2D eigenvalue weighted by Crippen LogP contribution is 2.30. The highest BCUT2D eigenvalue weighted by molar-refractivity contribution is 5.74. The largest absolute Gasteiger partial charge is 0.493 e. The van der Waals surface area contributed by atoms with Gasteiger partial charge in [-0.3, -0.25) is 4.98 Å². The van der Waals surface area contributed by atoms with Gasteiger partial charge in [-0.1, -0.05) is 18.2 Å². The zero-order valence-corrected chi connectivity index (χ0v) is 16.7. The van der Waals surface area contributed by atoms with Crippen LogP contribution in [-0.4, -0.2) is 42.7 Å². The summed E-state index contributed by atoms with van der Waals surface area (Å²) in [4.78, 5) is 19.3. The third-order valence-corrected chi connectivity index (χ3v) is 5.26. The SMILES string of the molecule is COc1cccc(CNC(=O)N2CCCCC2CCc2ccccn2)c1OC. The molecule has 0 radical (unpaired) electrons. The van der Waals surface area contributed by atoms with Gasteiger partial charge in [0.2, 0.25) is 0 Å². The Balaban J connectivity index is 1.60. The van der Waals surface area contributed by atoms with Gasteiger partial charge in [-0.25, -0.2) is 4.79 Å². The van der Waals surface area contributed by atoms with Gasteiger partial charge in [0.05, 0.1) is 14.2 Å². The number of likely N-dealkylation sites (tertiary alicyclic amines) is 1. The molecule has 1 fully saturated rings. The Morgan fingerprint density at radius 2 is 2.07 bits per heavy atom. The minimum Gasteiger partial charge on any atom is -0.493 e. The predicted molar refractivity (Wildman–Crippen MR) is 109 cm³/mol. The molecule has 1 aliphatic rings. The number of carbonyl (C=O) groups is 1. The number of nitrogens with one attached hydrogen (secondary N) is 1. The van der Waals surface area contributed by atoms with Gasteiger partial charge in [-0.15, -0.1) is 0 Å². The van der Waals surface area contributed by atoms with E-state index >= 15 is 0 Å². The molecule has 2 amide bonds. The number of methoxy groups -OCH3 is 2. The van der Waals surface area contributed by atoms with E-state index in [1.807, 2.05) is 47.5 Å². The first-order valence-corrected chi connectivity index (χ1v) is 9.87. The molecule has 0 bridgehead atoms. The van der Waals surface area contributed by atoms with Crippen molar-refractivity contribution < 1.29 is 14.3 Å². The third-order valence-electron chi connectivity index (χ3n) is 5.26. The number of hydrogen-bond donors (Lipinski definition) is 1. The van der Waals surface area contributed by atoms with E-state index in [1.54, 1.807) is 14.2 Å². The van der Waals surface area contributed by atoms with Crippen LogP contribution in [0.5, 0.6) is 11.5 Å². The quantitative estimate of drug-likeness (QED) is 0.790. The second-order valence-electron chi connectivity index (χ2n) is 7.01. The third kappa shape index (κ3) is 4.94. The molecule has 2 aromatic rings. The minimum atomic E-state index is -0.0180. The summed E-state index contributed by atoms with van der Waals surface area (Å²) < 4.78 is 10.8. The second-order valence-corrected chi connectivity index (χ2v) is 7.01. The van der Waals surface area contributed by atoms with E-state index in [0.717, 1.165) is 43.5 Å². The first-order valence-electron chi connectivity index (χ1n) is 9.87. The van der Waals surface area contributed by atoms with E-state index < -0.39 is 0 Å². The average Bonchev–Trinajstić information content (AvgIpc) is 2.76. The fraction of sp³-hybridized carbons (Fsp3) is 0.455. The fourth-order valence-corrected chi connectivity index (χ4v) is 3.79. The van der Waals surface area contributed by atoms with Crippen LogP contribution in [0.2, 0.25) is 0 Å². The average molecular weight is 383 g/mol. The Kier molecular flexibility index (Phi) is 7.12. The predicted octanol–water partition coefficient (Wildman–Crippen LogP) is 3.80. The number of hydrogen-bond acceptors (Lipinski definition) is 4. The van der Waals surface area contributed by atoms with Crippen molar-refractivity contribution in [3.8, 4) is 11.5 Å². The van der Waals surface area contributed by atoms with Gasteiger partial charge in [0.25, 0.3) is 0 Å². The number of benzene rings is 1. The van der Waals surface area contributed by atoms with Crippen LogP contribution in [-0.2, 0) is 13.0 Å². The van der Waals surface area contributed by atoms with Gasteiger partial charge >= 0.3 is 6.03 Å². The molecule has 3 rings (SSSR count). The lowest BCUT2D eigenvalue weighted by Gasteiger charge is -2.36. The minimum absolute atomic E-state index is 0.0180. The molecular formula is C22H29N3O3.